The highest BCUT2D eigenvalue weighted by atomic mass is 35.5. The highest BCUT2D eigenvalue weighted by Gasteiger charge is 2.26. The van der Waals surface area contributed by atoms with Gasteiger partial charge in [-0.2, -0.15) is 0 Å². The molecular weight excluding hydrogens is 485 g/mol. The van der Waals surface area contributed by atoms with E-state index >= 15 is 0 Å². The number of aliphatic imine (C=N–C) groups is 1. The molecule has 176 valence electrons. The van der Waals surface area contributed by atoms with Crippen LogP contribution in [-0.2, 0) is 6.54 Å². The molecule has 9 heteroatoms. The van der Waals surface area contributed by atoms with E-state index in [1.54, 1.807) is 30.3 Å². The van der Waals surface area contributed by atoms with E-state index < -0.39 is 0 Å². The zero-order valence-corrected chi connectivity index (χ0v) is 20.2. The topological polar surface area (TPSA) is 74.0 Å². The Kier molecular flexibility index (Phi) is 5.59. The van der Waals surface area contributed by atoms with Crippen molar-refractivity contribution in [3.8, 4) is 11.5 Å². The third-order valence-corrected chi connectivity index (χ3v) is 7.07. The third kappa shape index (κ3) is 4.22. The molecule has 0 atom stereocenters. The van der Waals surface area contributed by atoms with Gasteiger partial charge in [0.2, 0.25) is 5.89 Å². The van der Waals surface area contributed by atoms with E-state index in [1.165, 1.54) is 5.56 Å². The van der Waals surface area contributed by atoms with E-state index in [1.807, 2.05) is 23.1 Å². The summed E-state index contributed by atoms with van der Waals surface area (Å²) in [6.07, 6.45) is 0. The van der Waals surface area contributed by atoms with Gasteiger partial charge >= 0.3 is 0 Å². The number of oxazole rings is 1. The molecule has 3 aromatic carbocycles. The molecule has 0 bridgehead atoms. The number of hydrogen-bond acceptors (Lipinski definition) is 6. The van der Waals surface area contributed by atoms with Gasteiger partial charge in [-0.3, -0.25) is 4.79 Å². The Morgan fingerprint density at radius 2 is 1.77 bits per heavy atom. The number of nitrogens with zero attached hydrogens (tertiary/aromatic N) is 4. The van der Waals surface area contributed by atoms with Crippen LogP contribution >= 0.6 is 23.2 Å². The number of hydrogen-bond donors (Lipinski definition) is 1. The summed E-state index contributed by atoms with van der Waals surface area (Å²) in [5.74, 6) is 1.27. The number of anilines is 1. The van der Waals surface area contributed by atoms with Crippen molar-refractivity contribution in [2.24, 2.45) is 4.99 Å². The van der Waals surface area contributed by atoms with Gasteiger partial charge in [-0.25, -0.2) is 9.98 Å². The van der Waals surface area contributed by atoms with Crippen molar-refractivity contribution in [3.05, 3.63) is 81.8 Å². The van der Waals surface area contributed by atoms with Crippen LogP contribution in [0.1, 0.15) is 15.9 Å². The van der Waals surface area contributed by atoms with Crippen LogP contribution < -0.4 is 5.32 Å². The molecule has 1 fully saturated rings. The van der Waals surface area contributed by atoms with E-state index in [0.29, 0.717) is 65.3 Å². The van der Waals surface area contributed by atoms with Gasteiger partial charge < -0.3 is 19.5 Å². The Hall–Kier alpha value is -3.55. The maximum absolute atomic E-state index is 13.2. The standard InChI is InChI=1S/C26H21Cl2N5O2/c27-19-7-5-16(13-20(19)28)24-30-22-8-6-17(14-23(22)35-24)25(34)32-9-11-33(12-10-32)26-29-15-18-3-1-2-4-21(18)31-26/h1-8,13-14H,9-12,15H2,(H,29,31). The summed E-state index contributed by atoms with van der Waals surface area (Å²) in [6.45, 7) is 3.32. The minimum Gasteiger partial charge on any atom is -0.436 e. The number of rotatable bonds is 2. The van der Waals surface area contributed by atoms with E-state index in [2.05, 4.69) is 32.3 Å². The monoisotopic (exact) mass is 505 g/mol. The SMILES string of the molecule is O=C(c1ccc2nc(-c3ccc(Cl)c(Cl)c3)oc2c1)N1CCN(C2=NCc3ccccc3N2)CC1. The first-order valence-electron chi connectivity index (χ1n) is 11.3. The van der Waals surface area contributed by atoms with Crippen LogP contribution in [0.15, 0.2) is 70.1 Å². The molecule has 3 heterocycles. The lowest BCUT2D eigenvalue weighted by molar-refractivity contribution is 0.0691. The molecule has 0 unspecified atom stereocenters. The van der Waals surface area contributed by atoms with Gasteiger partial charge in [0, 0.05) is 43.0 Å². The largest absolute Gasteiger partial charge is 0.436 e. The normalized spacial score (nSPS) is 15.5. The van der Waals surface area contributed by atoms with Gasteiger partial charge in [0.05, 0.1) is 16.6 Å². The maximum Gasteiger partial charge on any atom is 0.254 e. The van der Waals surface area contributed by atoms with Gasteiger partial charge in [0.15, 0.2) is 11.5 Å². The number of aromatic nitrogens is 1. The summed E-state index contributed by atoms with van der Waals surface area (Å²) in [5.41, 5.74) is 4.81. The molecule has 1 saturated heterocycles. The minimum atomic E-state index is -0.0251. The van der Waals surface area contributed by atoms with Gasteiger partial charge in [0.1, 0.15) is 5.52 Å². The van der Waals surface area contributed by atoms with E-state index in [9.17, 15) is 4.79 Å². The number of piperazine rings is 1. The number of guanidine groups is 1. The lowest BCUT2D eigenvalue weighted by Crippen LogP contribution is -2.52. The summed E-state index contributed by atoms with van der Waals surface area (Å²) in [4.78, 5) is 26.5. The molecule has 7 nitrogen and oxygen atoms in total. The molecule has 1 N–H and O–H groups in total. The Labute approximate surface area is 212 Å². The van der Waals surface area contributed by atoms with Crippen LogP contribution in [0.4, 0.5) is 5.69 Å². The summed E-state index contributed by atoms with van der Waals surface area (Å²) >= 11 is 12.1. The molecule has 6 rings (SSSR count). The first-order chi connectivity index (χ1) is 17.0. The average Bonchev–Trinajstić information content (AvgIpc) is 3.33. The first kappa shape index (κ1) is 21.9. The van der Waals surface area contributed by atoms with Crippen LogP contribution in [0, 0.1) is 0 Å². The minimum absolute atomic E-state index is 0.0251. The number of fused-ring (bicyclic) bond motifs is 2. The number of benzene rings is 3. The fourth-order valence-electron chi connectivity index (χ4n) is 4.39. The third-order valence-electron chi connectivity index (χ3n) is 6.33. The van der Waals surface area contributed by atoms with Gasteiger partial charge in [-0.15, -0.1) is 0 Å². The highest BCUT2D eigenvalue weighted by molar-refractivity contribution is 6.42. The molecule has 35 heavy (non-hydrogen) atoms. The highest BCUT2D eigenvalue weighted by Crippen LogP contribution is 2.30. The fraction of sp³-hybridized carbons (Fsp3) is 0.192. The van der Waals surface area contributed by atoms with E-state index in [-0.39, 0.29) is 5.91 Å². The molecular formula is C26H21Cl2N5O2. The lowest BCUT2D eigenvalue weighted by Gasteiger charge is -2.37. The second-order valence-electron chi connectivity index (χ2n) is 8.53. The molecule has 2 aliphatic rings. The molecule has 0 spiro atoms. The maximum atomic E-state index is 13.2. The quantitative estimate of drug-likeness (QED) is 0.387. The number of para-hydroxylation sites is 1. The zero-order valence-electron chi connectivity index (χ0n) is 18.7. The zero-order chi connectivity index (χ0) is 23.9. The Morgan fingerprint density at radius 1 is 0.943 bits per heavy atom. The number of amides is 1. The number of nitrogens with one attached hydrogen (secondary N) is 1. The average molecular weight is 506 g/mol. The Morgan fingerprint density at radius 3 is 2.60 bits per heavy atom. The van der Waals surface area contributed by atoms with E-state index in [4.69, 9.17) is 27.6 Å². The molecule has 4 aromatic rings. The van der Waals surface area contributed by atoms with Crippen molar-refractivity contribution >= 4 is 51.9 Å². The van der Waals surface area contributed by atoms with Gasteiger partial charge in [-0.1, -0.05) is 41.4 Å². The molecule has 0 saturated carbocycles. The van der Waals surface area contributed by atoms with Gasteiger partial charge in [-0.05, 0) is 48.0 Å². The number of halogens is 2. The molecule has 1 aromatic heterocycles. The number of carbonyl (C=O) groups excluding carboxylic acids is 1. The van der Waals surface area contributed by atoms with Crippen molar-refractivity contribution in [1.29, 1.82) is 0 Å². The predicted molar refractivity (Wildman–Crippen MR) is 138 cm³/mol. The predicted octanol–water partition coefficient (Wildman–Crippen LogP) is 5.54. The van der Waals surface area contributed by atoms with Crippen LogP contribution in [0.5, 0.6) is 0 Å². The van der Waals surface area contributed by atoms with Crippen molar-refractivity contribution in [2.75, 3.05) is 31.5 Å². The second-order valence-corrected chi connectivity index (χ2v) is 9.35. The van der Waals surface area contributed by atoms with Gasteiger partial charge in [0.25, 0.3) is 5.91 Å². The Bertz CT molecular complexity index is 1470. The van der Waals surface area contributed by atoms with E-state index in [0.717, 1.165) is 17.2 Å². The molecule has 1 amide bonds. The van der Waals surface area contributed by atoms with Crippen LogP contribution in [0.25, 0.3) is 22.6 Å². The molecule has 0 aliphatic carbocycles. The van der Waals surface area contributed by atoms with Crippen molar-refractivity contribution in [2.45, 2.75) is 6.54 Å². The summed E-state index contributed by atoms with van der Waals surface area (Å²) in [5, 5.41) is 4.32. The van der Waals surface area contributed by atoms with Crippen molar-refractivity contribution < 1.29 is 9.21 Å². The summed E-state index contributed by atoms with van der Waals surface area (Å²) < 4.78 is 5.94. The lowest BCUT2D eigenvalue weighted by atomic mass is 10.1. The Balaban J connectivity index is 1.14. The van der Waals surface area contributed by atoms with Crippen LogP contribution in [0.2, 0.25) is 10.0 Å². The van der Waals surface area contributed by atoms with Crippen LogP contribution in [0.3, 0.4) is 0 Å². The van der Waals surface area contributed by atoms with Crippen molar-refractivity contribution in [3.63, 3.8) is 0 Å². The smallest absolute Gasteiger partial charge is 0.254 e. The fourth-order valence-corrected chi connectivity index (χ4v) is 4.69. The van der Waals surface area contributed by atoms with Crippen LogP contribution in [-0.4, -0.2) is 52.8 Å². The molecule has 2 aliphatic heterocycles. The number of carbonyl (C=O) groups is 1. The first-order valence-corrected chi connectivity index (χ1v) is 12.1. The summed E-state index contributed by atoms with van der Waals surface area (Å²) in [7, 11) is 0. The van der Waals surface area contributed by atoms with Crippen molar-refractivity contribution in [1.82, 2.24) is 14.8 Å². The summed E-state index contributed by atoms with van der Waals surface area (Å²) in [6, 6.07) is 18.8. The molecule has 0 radical (unpaired) electrons. The second kappa shape index (κ2) is 8.91.